The van der Waals surface area contributed by atoms with Crippen LogP contribution in [0.2, 0.25) is 0 Å². The highest BCUT2D eigenvalue weighted by Crippen LogP contribution is 2.29. The highest BCUT2D eigenvalue weighted by atomic mass is 32.2. The lowest BCUT2D eigenvalue weighted by Gasteiger charge is -2.30. The van der Waals surface area contributed by atoms with Crippen LogP contribution in [0.15, 0.2) is 0 Å². The minimum Gasteiger partial charge on any atom is -0.353 e. The molecule has 102 valence electrons. The van der Waals surface area contributed by atoms with E-state index in [0.717, 1.165) is 25.0 Å². The van der Waals surface area contributed by atoms with Gasteiger partial charge in [0.15, 0.2) is 0 Å². The molecule has 0 saturated heterocycles. The minimum absolute atomic E-state index is 0.0145. The van der Waals surface area contributed by atoms with Crippen molar-refractivity contribution in [3.63, 3.8) is 0 Å². The molecule has 0 saturated carbocycles. The smallest absolute Gasteiger partial charge is 0.236 e. The molecule has 0 rings (SSSR count). The van der Waals surface area contributed by atoms with E-state index in [-0.39, 0.29) is 16.7 Å². The van der Waals surface area contributed by atoms with E-state index in [1.165, 1.54) is 0 Å². The van der Waals surface area contributed by atoms with Gasteiger partial charge in [-0.25, -0.2) is 0 Å². The van der Waals surface area contributed by atoms with E-state index in [9.17, 15) is 4.79 Å². The van der Waals surface area contributed by atoms with E-state index >= 15 is 0 Å². The molecule has 0 bridgehead atoms. The van der Waals surface area contributed by atoms with Crippen molar-refractivity contribution in [2.45, 2.75) is 43.9 Å². The number of hydrogen-bond donors (Lipinski definition) is 2. The van der Waals surface area contributed by atoms with Crippen LogP contribution in [-0.4, -0.2) is 41.5 Å². The average molecular weight is 278 g/mol. The molecule has 0 aromatic carbocycles. The second-order valence-electron chi connectivity index (χ2n) is 4.20. The van der Waals surface area contributed by atoms with Gasteiger partial charge in [0.1, 0.15) is 0 Å². The Kier molecular flexibility index (Phi) is 9.18. The highest BCUT2D eigenvalue weighted by Gasteiger charge is 2.26. The van der Waals surface area contributed by atoms with Gasteiger partial charge in [-0.3, -0.25) is 4.79 Å². The molecule has 1 amide bonds. The summed E-state index contributed by atoms with van der Waals surface area (Å²) in [6, 6.07) is -0.365. The normalized spacial score (nSPS) is 13.5. The maximum absolute atomic E-state index is 11.8. The number of carbonyl (C=O) groups excluding carboxylic acids is 1. The third kappa shape index (κ3) is 6.02. The van der Waals surface area contributed by atoms with Crippen molar-refractivity contribution < 1.29 is 4.79 Å². The van der Waals surface area contributed by atoms with Crippen molar-refractivity contribution in [3.8, 4) is 0 Å². The Balaban J connectivity index is 4.12. The number of carbonyl (C=O) groups is 1. The van der Waals surface area contributed by atoms with Crippen LogP contribution < -0.4 is 11.1 Å². The summed E-state index contributed by atoms with van der Waals surface area (Å²) >= 11 is 3.55. The largest absolute Gasteiger partial charge is 0.353 e. The maximum Gasteiger partial charge on any atom is 0.236 e. The van der Waals surface area contributed by atoms with Crippen molar-refractivity contribution in [1.82, 2.24) is 5.32 Å². The standard InChI is InChI=1S/C12H26N2OS2/c1-5-12(6-2,17-4)9-14-11(15)10(13)7-8-16-3/h10H,5-9,13H2,1-4H3,(H,14,15)/t10-/m1/s1. The van der Waals surface area contributed by atoms with Gasteiger partial charge >= 0.3 is 0 Å². The first-order valence-corrected chi connectivity index (χ1v) is 8.74. The number of amides is 1. The Morgan fingerprint density at radius 1 is 1.35 bits per heavy atom. The lowest BCUT2D eigenvalue weighted by Crippen LogP contribution is -2.46. The molecule has 0 aliphatic rings. The fraction of sp³-hybridized carbons (Fsp3) is 0.917. The van der Waals surface area contributed by atoms with Gasteiger partial charge in [-0.05, 0) is 37.5 Å². The lowest BCUT2D eigenvalue weighted by atomic mass is 10.0. The average Bonchev–Trinajstić information content (AvgIpc) is 2.37. The predicted molar refractivity (Wildman–Crippen MR) is 80.8 cm³/mol. The molecule has 3 nitrogen and oxygen atoms in total. The summed E-state index contributed by atoms with van der Waals surface area (Å²) in [7, 11) is 0. The van der Waals surface area contributed by atoms with Crippen LogP contribution in [0.5, 0.6) is 0 Å². The van der Waals surface area contributed by atoms with Crippen LogP contribution in [-0.2, 0) is 4.79 Å². The van der Waals surface area contributed by atoms with E-state index in [1.807, 2.05) is 18.0 Å². The number of nitrogens with one attached hydrogen (secondary N) is 1. The third-order valence-corrected chi connectivity index (χ3v) is 5.51. The Bertz CT molecular complexity index is 212. The van der Waals surface area contributed by atoms with E-state index in [0.29, 0.717) is 6.54 Å². The second kappa shape index (κ2) is 9.11. The molecule has 0 aromatic heterocycles. The van der Waals surface area contributed by atoms with Gasteiger partial charge in [0, 0.05) is 11.3 Å². The first kappa shape index (κ1) is 17.1. The van der Waals surface area contributed by atoms with Crippen LogP contribution in [0.3, 0.4) is 0 Å². The van der Waals surface area contributed by atoms with Gasteiger partial charge in [0.05, 0.1) is 6.04 Å². The molecular weight excluding hydrogens is 252 g/mol. The topological polar surface area (TPSA) is 55.1 Å². The molecule has 0 aliphatic carbocycles. The Morgan fingerprint density at radius 3 is 2.35 bits per heavy atom. The van der Waals surface area contributed by atoms with E-state index in [1.54, 1.807) is 11.8 Å². The van der Waals surface area contributed by atoms with E-state index < -0.39 is 0 Å². The molecule has 0 unspecified atom stereocenters. The van der Waals surface area contributed by atoms with Crippen LogP contribution in [0, 0.1) is 0 Å². The van der Waals surface area contributed by atoms with Gasteiger partial charge < -0.3 is 11.1 Å². The quantitative estimate of drug-likeness (QED) is 0.678. The first-order chi connectivity index (χ1) is 8.05. The first-order valence-electron chi connectivity index (χ1n) is 6.12. The molecule has 0 radical (unpaired) electrons. The fourth-order valence-corrected chi connectivity index (χ4v) is 2.90. The summed E-state index contributed by atoms with van der Waals surface area (Å²) in [5, 5.41) is 2.99. The van der Waals surface area contributed by atoms with Crippen LogP contribution in [0.1, 0.15) is 33.1 Å². The fourth-order valence-electron chi connectivity index (χ4n) is 1.62. The number of nitrogens with two attached hydrogens (primary N) is 1. The van der Waals surface area contributed by atoms with Gasteiger partial charge in [-0.1, -0.05) is 13.8 Å². The molecule has 0 heterocycles. The zero-order valence-electron chi connectivity index (χ0n) is 11.4. The summed E-state index contributed by atoms with van der Waals surface area (Å²) in [6.07, 6.45) is 7.00. The summed E-state index contributed by atoms with van der Waals surface area (Å²) < 4.78 is 0.162. The SMILES string of the molecule is CCC(CC)(CNC(=O)[C@H](N)CCSC)SC. The van der Waals surface area contributed by atoms with E-state index in [4.69, 9.17) is 5.73 Å². The summed E-state index contributed by atoms with van der Waals surface area (Å²) in [5.74, 6) is 0.920. The van der Waals surface area contributed by atoms with Gasteiger partial charge in [0.25, 0.3) is 0 Å². The van der Waals surface area contributed by atoms with Crippen LogP contribution >= 0.6 is 23.5 Å². The molecule has 0 spiro atoms. The Morgan fingerprint density at radius 2 is 1.94 bits per heavy atom. The van der Waals surface area contributed by atoms with Crippen molar-refractivity contribution in [2.24, 2.45) is 5.73 Å². The molecule has 0 aliphatic heterocycles. The summed E-state index contributed by atoms with van der Waals surface area (Å²) in [5.41, 5.74) is 5.82. The maximum atomic E-state index is 11.8. The number of hydrogen-bond acceptors (Lipinski definition) is 4. The lowest BCUT2D eigenvalue weighted by molar-refractivity contribution is -0.122. The van der Waals surface area contributed by atoms with Crippen molar-refractivity contribution in [2.75, 3.05) is 24.8 Å². The Labute approximate surface area is 114 Å². The van der Waals surface area contributed by atoms with E-state index in [2.05, 4.69) is 25.4 Å². The van der Waals surface area contributed by atoms with Crippen molar-refractivity contribution in [3.05, 3.63) is 0 Å². The highest BCUT2D eigenvalue weighted by molar-refractivity contribution is 8.00. The Hall–Kier alpha value is 0.130. The monoisotopic (exact) mass is 278 g/mol. The zero-order chi connectivity index (χ0) is 13.3. The molecule has 0 aromatic rings. The number of rotatable bonds is 9. The third-order valence-electron chi connectivity index (χ3n) is 3.28. The molecule has 3 N–H and O–H groups in total. The van der Waals surface area contributed by atoms with Crippen molar-refractivity contribution in [1.29, 1.82) is 0 Å². The predicted octanol–water partition coefficient (Wildman–Crippen LogP) is 2.10. The summed E-state index contributed by atoms with van der Waals surface area (Å²) in [4.78, 5) is 11.8. The summed E-state index contributed by atoms with van der Waals surface area (Å²) in [6.45, 7) is 5.05. The number of thioether (sulfide) groups is 2. The molecule has 1 atom stereocenters. The minimum atomic E-state index is -0.365. The van der Waals surface area contributed by atoms with Crippen LogP contribution in [0.25, 0.3) is 0 Å². The van der Waals surface area contributed by atoms with Crippen molar-refractivity contribution >= 4 is 29.4 Å². The molecule has 0 fully saturated rings. The second-order valence-corrected chi connectivity index (χ2v) is 6.46. The van der Waals surface area contributed by atoms with Crippen LogP contribution in [0.4, 0.5) is 0 Å². The zero-order valence-corrected chi connectivity index (χ0v) is 13.0. The molecular formula is C12H26N2OS2. The van der Waals surface area contributed by atoms with Gasteiger partial charge in [-0.2, -0.15) is 23.5 Å². The molecule has 5 heteroatoms. The molecule has 17 heavy (non-hydrogen) atoms. The van der Waals surface area contributed by atoms with Gasteiger partial charge in [0.2, 0.25) is 5.91 Å². The van der Waals surface area contributed by atoms with Gasteiger partial charge in [-0.15, -0.1) is 0 Å².